The third-order valence-corrected chi connectivity index (χ3v) is 4.56. The van der Waals surface area contributed by atoms with Crippen molar-refractivity contribution in [3.8, 4) is 17.2 Å². The van der Waals surface area contributed by atoms with Crippen molar-refractivity contribution in [2.75, 3.05) is 20.2 Å². The van der Waals surface area contributed by atoms with E-state index in [0.717, 1.165) is 5.75 Å². The summed E-state index contributed by atoms with van der Waals surface area (Å²) in [6, 6.07) is 13.1. The summed E-state index contributed by atoms with van der Waals surface area (Å²) in [7, 11) is 1.94. The van der Waals surface area contributed by atoms with Gasteiger partial charge in [-0.2, -0.15) is 0 Å². The predicted octanol–water partition coefficient (Wildman–Crippen LogP) is 4.37. The number of likely N-dealkylation sites (N-methyl/N-ethyl adjacent to an activating group) is 1. The number of nitrogens with zero attached hydrogens (tertiary/aromatic N) is 4. The number of halogens is 1. The minimum absolute atomic E-state index is 0.0114. The van der Waals surface area contributed by atoms with E-state index >= 15 is 0 Å². The molecular formula is C19H19ClN4O4. The van der Waals surface area contributed by atoms with E-state index in [9.17, 15) is 10.1 Å². The van der Waals surface area contributed by atoms with E-state index in [1.54, 1.807) is 24.3 Å². The van der Waals surface area contributed by atoms with Crippen LogP contribution < -0.4 is 4.74 Å². The summed E-state index contributed by atoms with van der Waals surface area (Å²) < 4.78 is 11.4. The lowest BCUT2D eigenvalue weighted by molar-refractivity contribution is -0.384. The van der Waals surface area contributed by atoms with Crippen LogP contribution in [0.15, 0.2) is 52.9 Å². The number of ether oxygens (including phenoxy) is 1. The minimum atomic E-state index is -0.452. The molecule has 0 spiro atoms. The van der Waals surface area contributed by atoms with Gasteiger partial charge in [0.25, 0.3) is 5.69 Å². The molecule has 8 nitrogen and oxygen atoms in total. The van der Waals surface area contributed by atoms with Crippen LogP contribution in [0.4, 0.5) is 5.69 Å². The Hall–Kier alpha value is -2.97. The fraction of sp³-hybridized carbons (Fsp3) is 0.263. The Morgan fingerprint density at radius 3 is 2.50 bits per heavy atom. The molecule has 1 atom stereocenters. The van der Waals surface area contributed by atoms with Gasteiger partial charge in [-0.1, -0.05) is 11.6 Å². The predicted molar refractivity (Wildman–Crippen MR) is 104 cm³/mol. The van der Waals surface area contributed by atoms with Crippen LogP contribution in [-0.2, 0) is 0 Å². The van der Waals surface area contributed by atoms with Crippen LogP contribution in [0.5, 0.6) is 5.75 Å². The fourth-order valence-corrected chi connectivity index (χ4v) is 2.59. The van der Waals surface area contributed by atoms with E-state index in [1.165, 1.54) is 12.1 Å². The zero-order chi connectivity index (χ0) is 20.1. The molecule has 3 aromatic rings. The fourth-order valence-electron chi connectivity index (χ4n) is 2.47. The van der Waals surface area contributed by atoms with Gasteiger partial charge in [0.1, 0.15) is 12.4 Å². The van der Waals surface area contributed by atoms with Crippen molar-refractivity contribution in [1.82, 2.24) is 15.1 Å². The second kappa shape index (κ2) is 8.81. The molecule has 0 N–H and O–H groups in total. The highest BCUT2D eigenvalue weighted by Crippen LogP contribution is 2.25. The average molecular weight is 403 g/mol. The van der Waals surface area contributed by atoms with Crippen molar-refractivity contribution in [3.05, 3.63) is 69.6 Å². The van der Waals surface area contributed by atoms with Crippen molar-refractivity contribution in [2.45, 2.75) is 13.0 Å². The monoisotopic (exact) mass is 402 g/mol. The van der Waals surface area contributed by atoms with Crippen LogP contribution in [0.2, 0.25) is 5.02 Å². The third kappa shape index (κ3) is 4.85. The Morgan fingerprint density at radius 2 is 1.86 bits per heavy atom. The molecule has 9 heteroatoms. The van der Waals surface area contributed by atoms with Crippen LogP contribution >= 0.6 is 11.6 Å². The molecule has 0 aliphatic heterocycles. The lowest BCUT2D eigenvalue weighted by Crippen LogP contribution is -2.27. The first-order valence-corrected chi connectivity index (χ1v) is 8.98. The first-order chi connectivity index (χ1) is 13.4. The Morgan fingerprint density at radius 1 is 1.18 bits per heavy atom. The number of aromatic nitrogens is 2. The van der Waals surface area contributed by atoms with Gasteiger partial charge in [0.15, 0.2) is 0 Å². The van der Waals surface area contributed by atoms with Crippen molar-refractivity contribution in [2.24, 2.45) is 0 Å². The molecule has 0 aliphatic carbocycles. The lowest BCUT2D eigenvalue weighted by atomic mass is 10.2. The van der Waals surface area contributed by atoms with Crippen molar-refractivity contribution in [3.63, 3.8) is 0 Å². The quantitative estimate of drug-likeness (QED) is 0.407. The normalized spacial score (nSPS) is 12.1. The van der Waals surface area contributed by atoms with Crippen LogP contribution in [0.3, 0.4) is 0 Å². The molecule has 0 radical (unpaired) electrons. The number of nitro groups is 1. The standard InChI is InChI=1S/C19H19ClN4O4/c1-13(23(2)11-12-27-17-9-5-15(20)6-10-17)18-21-22-19(28-18)14-3-7-16(8-4-14)24(25)26/h3-10,13H,11-12H2,1-2H3. The number of hydrogen-bond donors (Lipinski definition) is 0. The number of non-ortho nitro benzene ring substituents is 1. The molecule has 0 saturated heterocycles. The zero-order valence-corrected chi connectivity index (χ0v) is 16.2. The summed E-state index contributed by atoms with van der Waals surface area (Å²) in [5, 5.41) is 19.5. The van der Waals surface area contributed by atoms with Gasteiger partial charge in [-0.05, 0) is 50.4 Å². The molecule has 3 rings (SSSR count). The summed E-state index contributed by atoms with van der Waals surface area (Å²) in [6.45, 7) is 3.10. The molecule has 0 aliphatic rings. The van der Waals surface area contributed by atoms with Gasteiger partial charge >= 0.3 is 0 Å². The maximum absolute atomic E-state index is 10.7. The highest BCUT2D eigenvalue weighted by molar-refractivity contribution is 6.30. The smallest absolute Gasteiger partial charge is 0.269 e. The van der Waals surface area contributed by atoms with E-state index in [0.29, 0.717) is 35.5 Å². The summed E-state index contributed by atoms with van der Waals surface area (Å²) in [5.41, 5.74) is 0.641. The molecular weight excluding hydrogens is 384 g/mol. The maximum atomic E-state index is 10.7. The summed E-state index contributed by atoms with van der Waals surface area (Å²) in [5.74, 6) is 1.54. The van der Waals surface area contributed by atoms with Crippen LogP contribution in [0.1, 0.15) is 18.9 Å². The number of hydrogen-bond acceptors (Lipinski definition) is 7. The van der Waals surface area contributed by atoms with Crippen molar-refractivity contribution >= 4 is 17.3 Å². The molecule has 1 unspecified atom stereocenters. The van der Waals surface area contributed by atoms with E-state index in [4.69, 9.17) is 20.8 Å². The zero-order valence-electron chi connectivity index (χ0n) is 15.4. The van der Waals surface area contributed by atoms with Gasteiger partial charge < -0.3 is 9.15 Å². The van der Waals surface area contributed by atoms with E-state index < -0.39 is 4.92 Å². The van der Waals surface area contributed by atoms with Crippen LogP contribution in [0, 0.1) is 10.1 Å². The molecule has 0 saturated carbocycles. The molecule has 1 aromatic heterocycles. The van der Waals surface area contributed by atoms with Gasteiger partial charge in [0, 0.05) is 29.3 Å². The van der Waals surface area contributed by atoms with Crippen molar-refractivity contribution in [1.29, 1.82) is 0 Å². The van der Waals surface area contributed by atoms with Gasteiger partial charge in [-0.15, -0.1) is 10.2 Å². The molecule has 2 aromatic carbocycles. The second-order valence-electron chi connectivity index (χ2n) is 6.21. The maximum Gasteiger partial charge on any atom is 0.269 e. The first-order valence-electron chi connectivity index (χ1n) is 8.61. The number of benzene rings is 2. The van der Waals surface area contributed by atoms with Gasteiger partial charge in [0.05, 0.1) is 11.0 Å². The molecule has 146 valence electrons. The number of rotatable bonds is 8. The topological polar surface area (TPSA) is 94.5 Å². The molecule has 0 fully saturated rings. The Balaban J connectivity index is 1.57. The highest BCUT2D eigenvalue weighted by Gasteiger charge is 2.19. The Bertz CT molecular complexity index is 928. The SMILES string of the molecule is CC(c1nnc(-c2ccc([N+](=O)[O-])cc2)o1)N(C)CCOc1ccc(Cl)cc1. The molecule has 1 heterocycles. The van der Waals surface area contributed by atoms with Crippen molar-refractivity contribution < 1.29 is 14.1 Å². The molecule has 0 bridgehead atoms. The van der Waals surface area contributed by atoms with Crippen LogP contribution in [-0.4, -0.2) is 40.2 Å². The number of nitro benzene ring substituents is 1. The highest BCUT2D eigenvalue weighted by atomic mass is 35.5. The Kier molecular flexibility index (Phi) is 6.23. The largest absolute Gasteiger partial charge is 0.492 e. The van der Waals surface area contributed by atoms with Gasteiger partial charge in [-0.3, -0.25) is 15.0 Å². The van der Waals surface area contributed by atoms with E-state index in [-0.39, 0.29) is 11.7 Å². The van der Waals surface area contributed by atoms with Gasteiger partial charge in [0.2, 0.25) is 11.8 Å². The molecule has 0 amide bonds. The first kappa shape index (κ1) is 19.8. The molecule has 28 heavy (non-hydrogen) atoms. The summed E-state index contributed by atoms with van der Waals surface area (Å²) in [4.78, 5) is 12.3. The average Bonchev–Trinajstić information content (AvgIpc) is 3.19. The van der Waals surface area contributed by atoms with E-state index in [2.05, 4.69) is 10.2 Å². The third-order valence-electron chi connectivity index (χ3n) is 4.31. The second-order valence-corrected chi connectivity index (χ2v) is 6.64. The lowest BCUT2D eigenvalue weighted by Gasteiger charge is -2.21. The van der Waals surface area contributed by atoms with E-state index in [1.807, 2.05) is 31.0 Å². The Labute approximate surface area is 166 Å². The van der Waals surface area contributed by atoms with Crippen LogP contribution in [0.25, 0.3) is 11.5 Å². The van der Waals surface area contributed by atoms with Gasteiger partial charge in [-0.25, -0.2) is 0 Å². The summed E-state index contributed by atoms with van der Waals surface area (Å²) >= 11 is 5.86. The minimum Gasteiger partial charge on any atom is -0.492 e. The summed E-state index contributed by atoms with van der Waals surface area (Å²) in [6.07, 6.45) is 0.